The molecule has 1 saturated carbocycles. The maximum atomic E-state index is 12.8. The summed E-state index contributed by atoms with van der Waals surface area (Å²) in [6.45, 7) is 4.23. The van der Waals surface area contributed by atoms with Crippen LogP contribution >= 0.6 is 11.6 Å². The molecule has 6 heteroatoms. The lowest BCUT2D eigenvalue weighted by Crippen LogP contribution is -2.45. The molecule has 2 aliphatic rings. The van der Waals surface area contributed by atoms with Crippen LogP contribution in [0.5, 0.6) is 0 Å². The van der Waals surface area contributed by atoms with Crippen LogP contribution in [0, 0.1) is 5.41 Å². The molecule has 0 saturated heterocycles. The molecule has 0 radical (unpaired) electrons. The zero-order valence-electron chi connectivity index (χ0n) is 14.8. The SMILES string of the molecule is CC1(C)C(=O)N(CC(=O)NCC2(CO)CCCC2)c2ccc(Cl)cc21. The van der Waals surface area contributed by atoms with Gasteiger partial charge in [0.1, 0.15) is 6.54 Å². The second kappa shape index (κ2) is 6.61. The third-order valence-corrected chi connectivity index (χ3v) is 5.90. The highest BCUT2D eigenvalue weighted by Crippen LogP contribution is 2.42. The van der Waals surface area contributed by atoms with Gasteiger partial charge in [-0.25, -0.2) is 0 Å². The first-order chi connectivity index (χ1) is 11.8. The number of aliphatic hydroxyl groups is 1. The third-order valence-electron chi connectivity index (χ3n) is 5.66. The quantitative estimate of drug-likeness (QED) is 0.843. The summed E-state index contributed by atoms with van der Waals surface area (Å²) in [4.78, 5) is 26.7. The molecular formula is C19H25ClN2O3. The minimum atomic E-state index is -0.696. The Kier molecular flexibility index (Phi) is 4.82. The smallest absolute Gasteiger partial charge is 0.240 e. The Morgan fingerprint density at radius 1 is 1.32 bits per heavy atom. The Hall–Kier alpha value is -1.59. The molecule has 25 heavy (non-hydrogen) atoms. The highest BCUT2D eigenvalue weighted by molar-refractivity contribution is 6.31. The number of carbonyl (C=O) groups is 2. The number of hydrogen-bond acceptors (Lipinski definition) is 3. The molecule has 1 fully saturated rings. The molecule has 0 atom stereocenters. The Morgan fingerprint density at radius 3 is 2.64 bits per heavy atom. The summed E-state index contributed by atoms with van der Waals surface area (Å²) >= 11 is 6.07. The van der Waals surface area contributed by atoms with Crippen LogP contribution in [0.25, 0.3) is 0 Å². The van der Waals surface area contributed by atoms with Crippen LogP contribution in [0.1, 0.15) is 45.1 Å². The minimum absolute atomic E-state index is 0.0155. The van der Waals surface area contributed by atoms with Crippen molar-refractivity contribution in [3.8, 4) is 0 Å². The molecule has 2 N–H and O–H groups in total. The monoisotopic (exact) mass is 364 g/mol. The Morgan fingerprint density at radius 2 is 2.00 bits per heavy atom. The van der Waals surface area contributed by atoms with E-state index in [0.717, 1.165) is 36.9 Å². The van der Waals surface area contributed by atoms with Crippen molar-refractivity contribution in [1.82, 2.24) is 5.32 Å². The summed E-state index contributed by atoms with van der Waals surface area (Å²) in [7, 11) is 0. The van der Waals surface area contributed by atoms with Crippen LogP contribution in [-0.2, 0) is 15.0 Å². The van der Waals surface area contributed by atoms with E-state index in [1.165, 1.54) is 4.90 Å². The van der Waals surface area contributed by atoms with E-state index >= 15 is 0 Å². The summed E-state index contributed by atoms with van der Waals surface area (Å²) < 4.78 is 0. The fourth-order valence-corrected chi connectivity index (χ4v) is 4.14. The maximum Gasteiger partial charge on any atom is 0.240 e. The number of nitrogens with one attached hydrogen (secondary N) is 1. The first kappa shape index (κ1) is 18.2. The first-order valence-electron chi connectivity index (χ1n) is 8.79. The molecule has 0 unspecified atom stereocenters. The second-order valence-electron chi connectivity index (χ2n) is 7.82. The van der Waals surface area contributed by atoms with Gasteiger partial charge in [0.2, 0.25) is 11.8 Å². The number of amides is 2. The van der Waals surface area contributed by atoms with E-state index in [1.807, 2.05) is 13.8 Å². The van der Waals surface area contributed by atoms with Gasteiger partial charge >= 0.3 is 0 Å². The van der Waals surface area contributed by atoms with Crippen molar-refractivity contribution in [1.29, 1.82) is 0 Å². The highest BCUT2D eigenvalue weighted by Gasteiger charge is 2.44. The standard InChI is InChI=1S/C19H25ClN2O3/c1-18(2)14-9-13(20)5-6-15(14)22(17(18)25)10-16(24)21-11-19(12-23)7-3-4-8-19/h5-6,9,23H,3-4,7-8,10-12H2,1-2H3,(H,21,24). The van der Waals surface area contributed by atoms with E-state index in [0.29, 0.717) is 11.6 Å². The van der Waals surface area contributed by atoms with Crippen molar-refractivity contribution in [3.63, 3.8) is 0 Å². The zero-order chi connectivity index (χ0) is 18.2. The van der Waals surface area contributed by atoms with Crippen molar-refractivity contribution in [2.75, 3.05) is 24.6 Å². The van der Waals surface area contributed by atoms with Gasteiger partial charge in [-0.3, -0.25) is 9.59 Å². The van der Waals surface area contributed by atoms with Gasteiger partial charge in [-0.2, -0.15) is 0 Å². The fraction of sp³-hybridized carbons (Fsp3) is 0.579. The molecule has 1 heterocycles. The van der Waals surface area contributed by atoms with Gasteiger partial charge < -0.3 is 15.3 Å². The number of hydrogen-bond donors (Lipinski definition) is 2. The van der Waals surface area contributed by atoms with E-state index in [4.69, 9.17) is 11.6 Å². The first-order valence-corrected chi connectivity index (χ1v) is 9.16. The predicted molar refractivity (Wildman–Crippen MR) is 97.8 cm³/mol. The molecular weight excluding hydrogens is 340 g/mol. The molecule has 0 aromatic heterocycles. The lowest BCUT2D eigenvalue weighted by atomic mass is 9.86. The van der Waals surface area contributed by atoms with Gasteiger partial charge in [0.25, 0.3) is 0 Å². The maximum absolute atomic E-state index is 12.8. The average Bonchev–Trinajstić information content (AvgIpc) is 3.12. The second-order valence-corrected chi connectivity index (χ2v) is 8.26. The van der Waals surface area contributed by atoms with Gasteiger partial charge in [-0.1, -0.05) is 24.4 Å². The largest absolute Gasteiger partial charge is 0.396 e. The van der Waals surface area contributed by atoms with Crippen molar-refractivity contribution >= 4 is 29.1 Å². The van der Waals surface area contributed by atoms with Crippen molar-refractivity contribution in [3.05, 3.63) is 28.8 Å². The van der Waals surface area contributed by atoms with Crippen LogP contribution in [0.15, 0.2) is 18.2 Å². The van der Waals surface area contributed by atoms with E-state index in [-0.39, 0.29) is 30.4 Å². The van der Waals surface area contributed by atoms with E-state index in [9.17, 15) is 14.7 Å². The van der Waals surface area contributed by atoms with Crippen LogP contribution < -0.4 is 10.2 Å². The highest BCUT2D eigenvalue weighted by atomic mass is 35.5. The summed E-state index contributed by atoms with van der Waals surface area (Å²) in [5, 5.41) is 13.1. The number of aliphatic hydroxyl groups excluding tert-OH is 1. The van der Waals surface area contributed by atoms with Gasteiger partial charge in [-0.15, -0.1) is 0 Å². The minimum Gasteiger partial charge on any atom is -0.396 e. The van der Waals surface area contributed by atoms with Crippen molar-refractivity contribution in [2.45, 2.75) is 44.9 Å². The molecule has 5 nitrogen and oxygen atoms in total. The number of halogens is 1. The van der Waals surface area contributed by atoms with E-state index in [2.05, 4.69) is 5.32 Å². The fourth-order valence-electron chi connectivity index (χ4n) is 3.96. The van der Waals surface area contributed by atoms with Crippen LogP contribution in [0.4, 0.5) is 5.69 Å². The molecule has 1 aromatic carbocycles. The lowest BCUT2D eigenvalue weighted by Gasteiger charge is -2.27. The van der Waals surface area contributed by atoms with Crippen LogP contribution in [-0.4, -0.2) is 36.6 Å². The summed E-state index contributed by atoms with van der Waals surface area (Å²) in [6.07, 6.45) is 4.04. The van der Waals surface area contributed by atoms with Gasteiger partial charge in [0.05, 0.1) is 12.0 Å². The number of nitrogens with zero attached hydrogens (tertiary/aromatic N) is 1. The number of anilines is 1. The van der Waals surface area contributed by atoms with E-state index in [1.54, 1.807) is 18.2 Å². The normalized spacial score (nSPS) is 20.6. The molecule has 0 bridgehead atoms. The predicted octanol–water partition coefficient (Wildman–Crippen LogP) is 2.63. The topological polar surface area (TPSA) is 69.6 Å². The molecule has 3 rings (SSSR count). The van der Waals surface area contributed by atoms with Crippen LogP contribution in [0.2, 0.25) is 5.02 Å². The summed E-state index contributed by atoms with van der Waals surface area (Å²) in [5.41, 5.74) is 0.695. The summed E-state index contributed by atoms with van der Waals surface area (Å²) in [6, 6.07) is 5.33. The summed E-state index contributed by atoms with van der Waals surface area (Å²) in [5.74, 6) is -0.302. The zero-order valence-corrected chi connectivity index (χ0v) is 15.5. The molecule has 1 aliphatic heterocycles. The average molecular weight is 365 g/mol. The van der Waals surface area contributed by atoms with Crippen LogP contribution in [0.3, 0.4) is 0 Å². The van der Waals surface area contributed by atoms with Gasteiger partial charge in [-0.05, 0) is 50.5 Å². The Labute approximate surface area is 153 Å². The van der Waals surface area contributed by atoms with Gasteiger partial charge in [0, 0.05) is 22.7 Å². The lowest BCUT2D eigenvalue weighted by molar-refractivity contribution is -0.125. The Balaban J connectivity index is 1.71. The molecule has 0 spiro atoms. The van der Waals surface area contributed by atoms with Crippen molar-refractivity contribution < 1.29 is 14.7 Å². The third kappa shape index (κ3) is 3.27. The number of fused-ring (bicyclic) bond motifs is 1. The number of benzene rings is 1. The molecule has 2 amide bonds. The number of carbonyl (C=O) groups excluding carboxylic acids is 2. The molecule has 1 aliphatic carbocycles. The van der Waals surface area contributed by atoms with Crippen molar-refractivity contribution in [2.24, 2.45) is 5.41 Å². The molecule has 136 valence electrons. The Bertz CT molecular complexity index is 696. The molecule has 1 aromatic rings. The van der Waals surface area contributed by atoms with E-state index < -0.39 is 5.41 Å². The number of rotatable bonds is 5. The van der Waals surface area contributed by atoms with Gasteiger partial charge in [0.15, 0.2) is 0 Å².